The summed E-state index contributed by atoms with van der Waals surface area (Å²) in [6.07, 6.45) is 2.88. The summed E-state index contributed by atoms with van der Waals surface area (Å²) in [7, 11) is 4.60. The highest BCUT2D eigenvalue weighted by molar-refractivity contribution is 4.46. The van der Waals surface area contributed by atoms with Gasteiger partial charge in [-0.3, -0.25) is 0 Å². The number of likely N-dealkylation sites (tertiary alicyclic amines) is 1. The van der Waals surface area contributed by atoms with Gasteiger partial charge in [0, 0.05) is 12.8 Å². The topological polar surface area (TPSA) is 35.0 Å². The molecule has 0 spiro atoms. The van der Waals surface area contributed by atoms with Gasteiger partial charge in [0.05, 0.1) is 27.2 Å². The van der Waals surface area contributed by atoms with E-state index in [1.807, 2.05) is 0 Å². The molecule has 0 amide bonds. The monoisotopic (exact) mass is 117 g/mol. The Morgan fingerprint density at radius 1 is 1.00 bits per heavy atom. The Morgan fingerprint density at radius 2 is 1.38 bits per heavy atom. The summed E-state index contributed by atoms with van der Waals surface area (Å²) >= 11 is 0. The molecule has 0 aromatic heterocycles. The summed E-state index contributed by atoms with van der Waals surface area (Å²) < 4.78 is 1.25. The number of nitrogens with zero attached hydrogens (tertiary/aromatic N) is 1. The quantitative estimate of drug-likeness (QED) is 0.472. The van der Waals surface area contributed by atoms with Crippen LogP contribution in [0, 0.1) is 0 Å². The van der Waals surface area contributed by atoms with E-state index in [2.05, 4.69) is 14.1 Å². The zero-order valence-electron chi connectivity index (χ0n) is 5.98. The van der Waals surface area contributed by atoms with E-state index in [0.29, 0.717) is 0 Å². The molecule has 3 N–H and O–H groups in total. The van der Waals surface area contributed by atoms with Gasteiger partial charge < -0.3 is 10.6 Å². The minimum absolute atomic E-state index is 0. The van der Waals surface area contributed by atoms with Crippen molar-refractivity contribution in [2.24, 2.45) is 0 Å². The SMILES string of the molecule is C[N+]1(C)CCCC1.N. The molecule has 1 rings (SSSR count). The number of rotatable bonds is 0. The van der Waals surface area contributed by atoms with Gasteiger partial charge in [-0.1, -0.05) is 0 Å². The van der Waals surface area contributed by atoms with Gasteiger partial charge in [0.1, 0.15) is 0 Å². The largest absolute Gasteiger partial charge is 0.344 e. The lowest BCUT2D eigenvalue weighted by Gasteiger charge is -2.21. The summed E-state index contributed by atoms with van der Waals surface area (Å²) in [6.45, 7) is 2.78. The maximum absolute atomic E-state index is 2.30. The molecule has 0 atom stereocenters. The summed E-state index contributed by atoms with van der Waals surface area (Å²) in [5.41, 5.74) is 0. The lowest BCUT2D eigenvalue weighted by atomic mass is 10.4. The Labute approximate surface area is 51.7 Å². The van der Waals surface area contributed by atoms with Gasteiger partial charge >= 0.3 is 0 Å². The van der Waals surface area contributed by atoms with Crippen LogP contribution in [0.3, 0.4) is 0 Å². The van der Waals surface area contributed by atoms with E-state index < -0.39 is 0 Å². The number of hydrogen-bond donors (Lipinski definition) is 1. The first-order chi connectivity index (χ1) is 3.21. The first kappa shape index (κ1) is 7.92. The maximum atomic E-state index is 2.30. The number of hydrogen-bond acceptors (Lipinski definition) is 1. The van der Waals surface area contributed by atoms with E-state index in [-0.39, 0.29) is 6.15 Å². The van der Waals surface area contributed by atoms with Crippen molar-refractivity contribution in [3.63, 3.8) is 0 Å². The molecule has 2 heteroatoms. The van der Waals surface area contributed by atoms with Crippen molar-refractivity contribution in [1.29, 1.82) is 0 Å². The van der Waals surface area contributed by atoms with Gasteiger partial charge in [-0.2, -0.15) is 0 Å². The highest BCUT2D eigenvalue weighted by atomic mass is 15.3. The van der Waals surface area contributed by atoms with Crippen LogP contribution in [-0.2, 0) is 0 Å². The fourth-order valence-electron chi connectivity index (χ4n) is 1.19. The van der Waals surface area contributed by atoms with E-state index in [1.54, 1.807) is 0 Å². The normalized spacial score (nSPS) is 24.8. The van der Waals surface area contributed by atoms with Gasteiger partial charge in [0.25, 0.3) is 0 Å². The van der Waals surface area contributed by atoms with Crippen LogP contribution in [0.1, 0.15) is 12.8 Å². The van der Waals surface area contributed by atoms with Crippen LogP contribution in [0.2, 0.25) is 0 Å². The maximum Gasteiger partial charge on any atom is 0.0784 e. The molecule has 0 aromatic carbocycles. The Morgan fingerprint density at radius 3 is 1.50 bits per heavy atom. The minimum Gasteiger partial charge on any atom is -0.344 e. The van der Waals surface area contributed by atoms with E-state index in [1.165, 1.54) is 30.4 Å². The fourth-order valence-corrected chi connectivity index (χ4v) is 1.19. The molecule has 1 aliphatic heterocycles. The molecular formula is C6H17N2+. The van der Waals surface area contributed by atoms with Crippen molar-refractivity contribution in [2.45, 2.75) is 12.8 Å². The smallest absolute Gasteiger partial charge is 0.0784 e. The Hall–Kier alpha value is -0.0800. The summed E-state index contributed by atoms with van der Waals surface area (Å²) in [5, 5.41) is 0. The predicted molar refractivity (Wildman–Crippen MR) is 36.1 cm³/mol. The lowest BCUT2D eigenvalue weighted by Crippen LogP contribution is -2.35. The van der Waals surface area contributed by atoms with Crippen molar-refractivity contribution >= 4 is 0 Å². The molecule has 0 radical (unpaired) electrons. The molecule has 1 saturated heterocycles. The van der Waals surface area contributed by atoms with Crippen molar-refractivity contribution in [3.05, 3.63) is 0 Å². The molecule has 0 bridgehead atoms. The van der Waals surface area contributed by atoms with Crippen LogP contribution in [0.25, 0.3) is 0 Å². The van der Waals surface area contributed by atoms with E-state index in [9.17, 15) is 0 Å². The average Bonchev–Trinajstić information content (AvgIpc) is 1.84. The molecule has 2 nitrogen and oxygen atoms in total. The molecule has 50 valence electrons. The molecule has 1 aliphatic rings. The van der Waals surface area contributed by atoms with Crippen LogP contribution >= 0.6 is 0 Å². The highest BCUT2D eigenvalue weighted by Crippen LogP contribution is 2.11. The first-order valence-electron chi connectivity index (χ1n) is 3.03. The van der Waals surface area contributed by atoms with E-state index in [4.69, 9.17) is 0 Å². The molecule has 0 unspecified atom stereocenters. The van der Waals surface area contributed by atoms with Gasteiger partial charge in [0.15, 0.2) is 0 Å². The third kappa shape index (κ3) is 1.80. The molecule has 1 fully saturated rings. The fraction of sp³-hybridized carbons (Fsp3) is 1.00. The first-order valence-corrected chi connectivity index (χ1v) is 3.03. The van der Waals surface area contributed by atoms with Gasteiger partial charge in [-0.05, 0) is 0 Å². The molecular weight excluding hydrogens is 100 g/mol. The van der Waals surface area contributed by atoms with E-state index >= 15 is 0 Å². The van der Waals surface area contributed by atoms with Gasteiger partial charge in [0.2, 0.25) is 0 Å². The number of quaternary nitrogens is 1. The highest BCUT2D eigenvalue weighted by Gasteiger charge is 2.19. The summed E-state index contributed by atoms with van der Waals surface area (Å²) in [5.74, 6) is 0. The van der Waals surface area contributed by atoms with Crippen molar-refractivity contribution < 1.29 is 4.48 Å². The average molecular weight is 117 g/mol. The Kier molecular flexibility index (Phi) is 2.44. The lowest BCUT2D eigenvalue weighted by molar-refractivity contribution is -0.877. The van der Waals surface area contributed by atoms with Crippen LogP contribution < -0.4 is 6.15 Å². The van der Waals surface area contributed by atoms with E-state index in [0.717, 1.165) is 0 Å². The second-order valence-corrected chi connectivity index (χ2v) is 3.09. The molecule has 1 heterocycles. The standard InChI is InChI=1S/C6H14N.H3N/c1-7(2)5-3-4-6-7;/h3-6H2,1-2H3;1H3/q+1;. The van der Waals surface area contributed by atoms with Gasteiger partial charge in [-0.15, -0.1) is 0 Å². The van der Waals surface area contributed by atoms with Crippen molar-refractivity contribution in [3.8, 4) is 0 Å². The second-order valence-electron chi connectivity index (χ2n) is 3.09. The van der Waals surface area contributed by atoms with Gasteiger partial charge in [-0.25, -0.2) is 0 Å². The molecule has 8 heavy (non-hydrogen) atoms. The minimum atomic E-state index is 0. The Bertz CT molecular complexity index is 60.9. The zero-order chi connectivity index (χ0) is 5.33. The second kappa shape index (κ2) is 2.46. The van der Waals surface area contributed by atoms with Crippen LogP contribution in [0.5, 0.6) is 0 Å². The summed E-state index contributed by atoms with van der Waals surface area (Å²) in [6, 6.07) is 0. The third-order valence-corrected chi connectivity index (χ3v) is 1.78. The van der Waals surface area contributed by atoms with Crippen LogP contribution in [0.4, 0.5) is 0 Å². The predicted octanol–water partition coefficient (Wildman–Crippen LogP) is 1.02. The van der Waals surface area contributed by atoms with Crippen LogP contribution in [-0.4, -0.2) is 31.7 Å². The molecule has 0 saturated carbocycles. The van der Waals surface area contributed by atoms with Crippen molar-refractivity contribution in [2.75, 3.05) is 27.2 Å². The van der Waals surface area contributed by atoms with Crippen molar-refractivity contribution in [1.82, 2.24) is 6.15 Å². The Balaban J connectivity index is 0.000000490. The zero-order valence-corrected chi connectivity index (χ0v) is 5.98. The van der Waals surface area contributed by atoms with Crippen LogP contribution in [0.15, 0.2) is 0 Å². The third-order valence-electron chi connectivity index (χ3n) is 1.78. The summed E-state index contributed by atoms with van der Waals surface area (Å²) in [4.78, 5) is 0. The molecule has 0 aromatic rings. The molecule has 0 aliphatic carbocycles.